The molecule has 0 aliphatic rings. The number of nitrogens with one attached hydrogen (secondary N) is 2. The van der Waals surface area contributed by atoms with Crippen LogP contribution in [0.2, 0.25) is 0 Å². The molecule has 2 atom stereocenters. The number of amides is 4. The van der Waals surface area contributed by atoms with E-state index in [9.17, 15) is 24.3 Å². The van der Waals surface area contributed by atoms with Gasteiger partial charge in [0, 0.05) is 11.7 Å². The first-order valence-corrected chi connectivity index (χ1v) is 11.9. The van der Waals surface area contributed by atoms with Crippen LogP contribution in [0.1, 0.15) is 58.2 Å². The van der Waals surface area contributed by atoms with Crippen LogP contribution in [0, 0.1) is 6.92 Å². The van der Waals surface area contributed by atoms with Crippen LogP contribution in [0.5, 0.6) is 5.75 Å². The van der Waals surface area contributed by atoms with E-state index in [2.05, 4.69) is 10.6 Å². The van der Waals surface area contributed by atoms with Crippen molar-refractivity contribution in [1.29, 1.82) is 0 Å². The Kier molecular flexibility index (Phi) is 9.65. The third kappa shape index (κ3) is 8.52. The number of ether oxygens (including phenoxy) is 1. The lowest BCUT2D eigenvalue weighted by Gasteiger charge is -2.37. The van der Waals surface area contributed by atoms with Crippen LogP contribution in [0.4, 0.5) is 10.5 Å². The fourth-order valence-corrected chi connectivity index (χ4v) is 3.76. The average molecular weight is 513 g/mol. The maximum absolute atomic E-state index is 13.9. The lowest BCUT2D eigenvalue weighted by atomic mass is 9.99. The molecule has 0 bridgehead atoms. The molecule has 0 aliphatic heterocycles. The van der Waals surface area contributed by atoms with E-state index in [1.807, 2.05) is 19.1 Å². The van der Waals surface area contributed by atoms with Crippen molar-refractivity contribution in [3.8, 4) is 5.75 Å². The lowest BCUT2D eigenvalue weighted by molar-refractivity contribution is -0.143. The zero-order valence-electron chi connectivity index (χ0n) is 22.1. The number of aryl methyl sites for hydroxylation is 1. The summed E-state index contributed by atoms with van der Waals surface area (Å²) in [5, 5.41) is 15.4. The number of primary amides is 1. The fourth-order valence-electron chi connectivity index (χ4n) is 3.76. The molecule has 10 heteroatoms. The number of carbonyl (C=O) groups is 4. The van der Waals surface area contributed by atoms with E-state index in [0.29, 0.717) is 11.3 Å². The van der Waals surface area contributed by atoms with Gasteiger partial charge in [0.15, 0.2) is 0 Å². The van der Waals surface area contributed by atoms with Gasteiger partial charge in [-0.2, -0.15) is 0 Å². The maximum atomic E-state index is 13.9. The predicted molar refractivity (Wildman–Crippen MR) is 140 cm³/mol. The number of nitrogens with two attached hydrogens (primary N) is 1. The van der Waals surface area contributed by atoms with E-state index in [1.54, 1.807) is 58.9 Å². The summed E-state index contributed by atoms with van der Waals surface area (Å²) in [5.74, 6) is -2.18. The second-order valence-corrected chi connectivity index (χ2v) is 10.0. The Morgan fingerprint density at radius 3 is 2.24 bits per heavy atom. The number of carbonyl (C=O) groups excluding carboxylic acids is 4. The van der Waals surface area contributed by atoms with Gasteiger partial charge < -0.3 is 31.1 Å². The second kappa shape index (κ2) is 12.2. The minimum absolute atomic E-state index is 0.0945. The summed E-state index contributed by atoms with van der Waals surface area (Å²) in [4.78, 5) is 53.1. The van der Waals surface area contributed by atoms with Crippen LogP contribution in [0.3, 0.4) is 0 Å². The summed E-state index contributed by atoms with van der Waals surface area (Å²) < 4.78 is 5.26. The Labute approximate surface area is 217 Å². The normalized spacial score (nSPS) is 12.8. The first kappa shape index (κ1) is 29.2. The number of aromatic hydroxyl groups is 1. The van der Waals surface area contributed by atoms with Crippen LogP contribution in [-0.2, 0) is 19.1 Å². The van der Waals surface area contributed by atoms with Crippen molar-refractivity contribution in [2.24, 2.45) is 5.73 Å². The molecule has 4 amide bonds. The van der Waals surface area contributed by atoms with E-state index < -0.39 is 54.0 Å². The molecule has 37 heavy (non-hydrogen) atoms. The van der Waals surface area contributed by atoms with Crippen LogP contribution in [-0.4, -0.2) is 51.5 Å². The van der Waals surface area contributed by atoms with E-state index >= 15 is 0 Å². The molecular formula is C27H36N4O6. The average Bonchev–Trinajstić information content (AvgIpc) is 2.76. The van der Waals surface area contributed by atoms with Gasteiger partial charge in [0.2, 0.25) is 11.8 Å². The van der Waals surface area contributed by atoms with Gasteiger partial charge >= 0.3 is 6.09 Å². The SMILES string of the molecule is Cc1ccccc1NC(=O)C(c1cccc(O)c1)N(C(=O)C(CC(N)=O)NC(=O)OC(C)(C)C)C(C)C. The highest BCUT2D eigenvalue weighted by Crippen LogP contribution is 2.29. The van der Waals surface area contributed by atoms with Crippen molar-refractivity contribution in [1.82, 2.24) is 10.2 Å². The molecule has 0 saturated heterocycles. The van der Waals surface area contributed by atoms with Gasteiger partial charge in [0.05, 0.1) is 6.42 Å². The van der Waals surface area contributed by atoms with Crippen LogP contribution in [0.25, 0.3) is 0 Å². The van der Waals surface area contributed by atoms with Crippen molar-refractivity contribution in [3.05, 3.63) is 59.7 Å². The molecule has 0 saturated carbocycles. The highest BCUT2D eigenvalue weighted by atomic mass is 16.6. The molecule has 2 aromatic carbocycles. The predicted octanol–water partition coefficient (Wildman–Crippen LogP) is 3.39. The zero-order valence-corrected chi connectivity index (χ0v) is 22.1. The second-order valence-electron chi connectivity index (χ2n) is 10.0. The summed E-state index contributed by atoms with van der Waals surface area (Å²) in [6.07, 6.45) is -1.41. The van der Waals surface area contributed by atoms with Gasteiger partial charge in [0.1, 0.15) is 23.4 Å². The number of alkyl carbamates (subject to hydrolysis) is 1. The minimum atomic E-state index is -1.39. The minimum Gasteiger partial charge on any atom is -0.508 e. The third-order valence-corrected chi connectivity index (χ3v) is 5.32. The van der Waals surface area contributed by atoms with Gasteiger partial charge in [0.25, 0.3) is 5.91 Å². The summed E-state index contributed by atoms with van der Waals surface area (Å²) >= 11 is 0. The topological polar surface area (TPSA) is 151 Å². The smallest absolute Gasteiger partial charge is 0.408 e. The number of rotatable bonds is 9. The zero-order chi connectivity index (χ0) is 27.9. The Morgan fingerprint density at radius 1 is 1.05 bits per heavy atom. The highest BCUT2D eigenvalue weighted by Gasteiger charge is 2.38. The molecule has 0 aromatic heterocycles. The van der Waals surface area contributed by atoms with Crippen molar-refractivity contribution in [2.45, 2.75) is 71.7 Å². The van der Waals surface area contributed by atoms with Crippen LogP contribution in [0.15, 0.2) is 48.5 Å². The number of hydrogen-bond donors (Lipinski definition) is 4. The Bertz CT molecular complexity index is 1140. The number of benzene rings is 2. The van der Waals surface area contributed by atoms with Gasteiger partial charge in [-0.05, 0) is 70.9 Å². The number of hydrogen-bond acceptors (Lipinski definition) is 6. The first-order chi connectivity index (χ1) is 17.2. The third-order valence-electron chi connectivity index (χ3n) is 5.32. The molecule has 0 fully saturated rings. The molecule has 2 unspecified atom stereocenters. The summed E-state index contributed by atoms with van der Waals surface area (Å²) in [5.41, 5.74) is 6.23. The lowest BCUT2D eigenvalue weighted by Crippen LogP contribution is -2.55. The fraction of sp³-hybridized carbons (Fsp3) is 0.407. The van der Waals surface area contributed by atoms with Crippen molar-refractivity contribution >= 4 is 29.5 Å². The maximum Gasteiger partial charge on any atom is 0.408 e. The number of para-hydroxylation sites is 1. The molecule has 0 spiro atoms. The molecule has 0 radical (unpaired) electrons. The van der Waals surface area contributed by atoms with Gasteiger partial charge in [-0.1, -0.05) is 30.3 Å². The quantitative estimate of drug-likeness (QED) is 0.404. The number of phenolic OH excluding ortho intramolecular Hbond substituents is 1. The first-order valence-electron chi connectivity index (χ1n) is 11.9. The number of nitrogens with zero attached hydrogens (tertiary/aromatic N) is 1. The van der Waals surface area contributed by atoms with E-state index in [1.165, 1.54) is 17.0 Å². The van der Waals surface area contributed by atoms with E-state index in [4.69, 9.17) is 10.5 Å². The molecule has 2 rings (SSSR count). The summed E-state index contributed by atoms with van der Waals surface area (Å²) in [6.45, 7) is 10.2. The molecular weight excluding hydrogens is 476 g/mol. The van der Waals surface area contributed by atoms with Gasteiger partial charge in [-0.25, -0.2) is 4.79 Å². The van der Waals surface area contributed by atoms with Crippen LogP contribution >= 0.6 is 0 Å². The Morgan fingerprint density at radius 2 is 1.70 bits per heavy atom. The van der Waals surface area contributed by atoms with E-state index in [-0.39, 0.29) is 5.75 Å². The monoisotopic (exact) mass is 512 g/mol. The Balaban J connectivity index is 2.53. The highest BCUT2D eigenvalue weighted by molar-refractivity contribution is 6.00. The van der Waals surface area contributed by atoms with Crippen LogP contribution < -0.4 is 16.4 Å². The molecule has 0 heterocycles. The standard InChI is InChI=1S/C27H36N4O6/c1-16(2)31(25(35)21(15-22(28)33)30-26(36)37-27(4,5)6)23(18-11-9-12-19(32)14-18)24(34)29-20-13-8-7-10-17(20)3/h7-14,16,21,23,32H,15H2,1-6H3,(H2,28,33)(H,29,34)(H,30,36). The summed E-state index contributed by atoms with van der Waals surface area (Å²) in [7, 11) is 0. The molecule has 200 valence electrons. The Hall–Kier alpha value is -4.08. The number of anilines is 1. The molecule has 2 aromatic rings. The summed E-state index contributed by atoms with van der Waals surface area (Å²) in [6, 6.07) is 10.00. The molecule has 0 aliphatic carbocycles. The van der Waals surface area contributed by atoms with E-state index in [0.717, 1.165) is 5.56 Å². The largest absolute Gasteiger partial charge is 0.508 e. The van der Waals surface area contributed by atoms with Gasteiger partial charge in [-0.15, -0.1) is 0 Å². The van der Waals surface area contributed by atoms with Gasteiger partial charge in [-0.3, -0.25) is 14.4 Å². The van der Waals surface area contributed by atoms with Crippen molar-refractivity contribution < 1.29 is 29.0 Å². The molecule has 5 N–H and O–H groups in total. The van der Waals surface area contributed by atoms with Crippen molar-refractivity contribution in [3.63, 3.8) is 0 Å². The molecule has 10 nitrogen and oxygen atoms in total. The van der Waals surface area contributed by atoms with Crippen molar-refractivity contribution in [2.75, 3.05) is 5.32 Å². The number of phenols is 1.